The molecule has 1 heterocycles. The predicted molar refractivity (Wildman–Crippen MR) is 105 cm³/mol. The van der Waals surface area contributed by atoms with E-state index in [-0.39, 0.29) is 23.8 Å². The minimum Gasteiger partial charge on any atom is -0.493 e. The molecule has 0 bridgehead atoms. The van der Waals surface area contributed by atoms with E-state index in [0.29, 0.717) is 5.69 Å². The summed E-state index contributed by atoms with van der Waals surface area (Å²) in [6.45, 7) is 0.748. The van der Waals surface area contributed by atoms with E-state index in [1.165, 1.54) is 19.2 Å². The number of methoxy groups -OCH3 is 1. The van der Waals surface area contributed by atoms with Crippen LogP contribution in [0.2, 0.25) is 0 Å². The number of carbonyl (C=O) groups is 1. The molecule has 3 rings (SSSR count). The van der Waals surface area contributed by atoms with Gasteiger partial charge < -0.3 is 14.8 Å². The van der Waals surface area contributed by atoms with Gasteiger partial charge in [0.15, 0.2) is 11.5 Å². The molecule has 0 atom stereocenters. The monoisotopic (exact) mass is 401 g/mol. The molecule has 1 amide bonds. The van der Waals surface area contributed by atoms with Gasteiger partial charge in [0.05, 0.1) is 24.9 Å². The second-order valence-corrected chi connectivity index (χ2v) is 6.37. The Morgan fingerprint density at radius 2 is 1.86 bits per heavy atom. The third kappa shape index (κ3) is 4.71. The number of nitrogens with one attached hydrogen (secondary N) is 1. The lowest BCUT2D eigenvalue weighted by molar-refractivity contribution is -0.115. The van der Waals surface area contributed by atoms with E-state index in [2.05, 4.69) is 15.2 Å². The zero-order valence-corrected chi connectivity index (χ0v) is 16.3. The maximum absolute atomic E-state index is 12.6. The maximum atomic E-state index is 12.6. The first-order chi connectivity index (χ1) is 13.9. The normalized spacial score (nSPS) is 10.8. The number of hydrogen-bond acceptors (Lipinski definition) is 4. The molecule has 6 nitrogen and oxygen atoms in total. The number of benzene rings is 2. The van der Waals surface area contributed by atoms with E-state index in [1.54, 1.807) is 10.7 Å². The summed E-state index contributed by atoms with van der Waals surface area (Å²) in [4.78, 5) is 12.6. The van der Waals surface area contributed by atoms with Crippen LogP contribution in [0.25, 0.3) is 5.69 Å². The molecule has 1 N–H and O–H groups in total. The fraction of sp³-hybridized carbons (Fsp3) is 0.238. The summed E-state index contributed by atoms with van der Waals surface area (Å²) in [5, 5.41) is 7.23. The van der Waals surface area contributed by atoms with Gasteiger partial charge in [0.2, 0.25) is 5.91 Å². The fourth-order valence-electron chi connectivity index (χ4n) is 3.06. The molecule has 0 radical (unpaired) electrons. The van der Waals surface area contributed by atoms with Crippen molar-refractivity contribution in [3.8, 4) is 17.2 Å². The van der Waals surface area contributed by atoms with E-state index in [9.17, 15) is 13.6 Å². The standard InChI is InChI=1S/C21H21F2N3O3/c1-13-17(14(2)26(25-13)16-7-5-4-6-8-16)12-20(27)24-15-9-10-18(28-3)19(11-15)29-21(22)23/h4-11,21H,12H2,1-3H3,(H,24,27). The van der Waals surface area contributed by atoms with Gasteiger partial charge in [-0.3, -0.25) is 4.79 Å². The number of halogens is 2. The Balaban J connectivity index is 1.77. The molecule has 0 aliphatic heterocycles. The van der Waals surface area contributed by atoms with Crippen LogP contribution in [0.5, 0.6) is 11.5 Å². The maximum Gasteiger partial charge on any atom is 0.387 e. The molecule has 29 heavy (non-hydrogen) atoms. The number of hydrogen-bond donors (Lipinski definition) is 1. The average molecular weight is 401 g/mol. The summed E-state index contributed by atoms with van der Waals surface area (Å²) in [5.41, 5.74) is 3.66. The Kier molecular flexibility index (Phi) is 6.11. The Labute approximate surface area is 167 Å². The number of amides is 1. The van der Waals surface area contributed by atoms with Crippen LogP contribution < -0.4 is 14.8 Å². The van der Waals surface area contributed by atoms with Crippen LogP contribution in [0.3, 0.4) is 0 Å². The number of aryl methyl sites for hydroxylation is 1. The van der Waals surface area contributed by atoms with E-state index in [0.717, 1.165) is 22.6 Å². The summed E-state index contributed by atoms with van der Waals surface area (Å²) in [5.74, 6) is -0.291. The molecule has 1 aromatic heterocycles. The van der Waals surface area contributed by atoms with E-state index in [1.807, 2.05) is 44.2 Å². The van der Waals surface area contributed by atoms with Crippen LogP contribution in [0.1, 0.15) is 17.0 Å². The molecule has 3 aromatic rings. The second-order valence-electron chi connectivity index (χ2n) is 6.37. The third-order valence-corrected chi connectivity index (χ3v) is 4.44. The molecular weight excluding hydrogens is 380 g/mol. The molecule has 0 saturated carbocycles. The molecule has 152 valence electrons. The molecule has 2 aromatic carbocycles. The largest absolute Gasteiger partial charge is 0.493 e. The Morgan fingerprint density at radius 3 is 2.52 bits per heavy atom. The molecule has 0 fully saturated rings. The van der Waals surface area contributed by atoms with Gasteiger partial charge in [-0.15, -0.1) is 0 Å². The highest BCUT2D eigenvalue weighted by atomic mass is 19.3. The number of nitrogens with zero attached hydrogens (tertiary/aromatic N) is 2. The Morgan fingerprint density at radius 1 is 1.14 bits per heavy atom. The lowest BCUT2D eigenvalue weighted by Crippen LogP contribution is -2.15. The summed E-state index contributed by atoms with van der Waals surface area (Å²) < 4.78 is 36.4. The summed E-state index contributed by atoms with van der Waals surface area (Å²) in [6, 6.07) is 13.9. The Bertz CT molecular complexity index is 1000. The number of para-hydroxylation sites is 1. The van der Waals surface area contributed by atoms with Crippen LogP contribution in [0.15, 0.2) is 48.5 Å². The van der Waals surface area contributed by atoms with Crippen molar-refractivity contribution in [2.45, 2.75) is 26.9 Å². The van der Waals surface area contributed by atoms with Gasteiger partial charge in [0.1, 0.15) is 0 Å². The first-order valence-corrected chi connectivity index (χ1v) is 8.92. The van der Waals surface area contributed by atoms with Gasteiger partial charge in [-0.05, 0) is 38.1 Å². The van der Waals surface area contributed by atoms with E-state index >= 15 is 0 Å². The van der Waals surface area contributed by atoms with Crippen molar-refractivity contribution in [1.29, 1.82) is 0 Å². The van der Waals surface area contributed by atoms with Crippen molar-refractivity contribution in [2.75, 3.05) is 12.4 Å². The van der Waals surface area contributed by atoms with Crippen LogP contribution in [0.4, 0.5) is 14.5 Å². The SMILES string of the molecule is COc1ccc(NC(=O)Cc2c(C)nn(-c3ccccc3)c2C)cc1OC(F)F. The topological polar surface area (TPSA) is 65.4 Å². The van der Waals surface area contributed by atoms with Crippen molar-refractivity contribution in [3.05, 3.63) is 65.5 Å². The quantitative estimate of drug-likeness (QED) is 0.642. The fourth-order valence-corrected chi connectivity index (χ4v) is 3.06. The van der Waals surface area contributed by atoms with E-state index < -0.39 is 6.61 Å². The predicted octanol–water partition coefficient (Wildman–Crippen LogP) is 4.28. The van der Waals surface area contributed by atoms with Crippen molar-refractivity contribution in [2.24, 2.45) is 0 Å². The molecule has 0 aliphatic carbocycles. The number of anilines is 1. The molecule has 0 spiro atoms. The van der Waals surface area contributed by atoms with Gasteiger partial charge in [-0.2, -0.15) is 13.9 Å². The van der Waals surface area contributed by atoms with E-state index in [4.69, 9.17) is 4.74 Å². The van der Waals surface area contributed by atoms with Crippen molar-refractivity contribution < 1.29 is 23.0 Å². The molecular formula is C21H21F2N3O3. The first-order valence-electron chi connectivity index (χ1n) is 8.92. The number of carbonyl (C=O) groups excluding carboxylic acids is 1. The molecule has 0 aliphatic rings. The van der Waals surface area contributed by atoms with Gasteiger partial charge in [0.25, 0.3) is 0 Å². The summed E-state index contributed by atoms with van der Waals surface area (Å²) in [7, 11) is 1.35. The average Bonchev–Trinajstić information content (AvgIpc) is 2.96. The summed E-state index contributed by atoms with van der Waals surface area (Å²) >= 11 is 0. The van der Waals surface area contributed by atoms with Gasteiger partial charge in [-0.25, -0.2) is 4.68 Å². The molecule has 8 heteroatoms. The van der Waals surface area contributed by atoms with Gasteiger partial charge in [0, 0.05) is 23.0 Å². The lowest BCUT2D eigenvalue weighted by atomic mass is 10.1. The number of aromatic nitrogens is 2. The van der Waals surface area contributed by atoms with Crippen molar-refractivity contribution in [1.82, 2.24) is 9.78 Å². The number of ether oxygens (including phenoxy) is 2. The van der Waals surface area contributed by atoms with Crippen LogP contribution in [-0.2, 0) is 11.2 Å². The van der Waals surface area contributed by atoms with Crippen molar-refractivity contribution >= 4 is 11.6 Å². The first kappa shape index (κ1) is 20.3. The minimum absolute atomic E-state index is 0.0988. The Hall–Kier alpha value is -3.42. The summed E-state index contributed by atoms with van der Waals surface area (Å²) in [6.07, 6.45) is 0.0988. The number of alkyl halides is 2. The van der Waals surface area contributed by atoms with Crippen LogP contribution in [0, 0.1) is 13.8 Å². The smallest absolute Gasteiger partial charge is 0.387 e. The van der Waals surface area contributed by atoms with Gasteiger partial charge >= 0.3 is 6.61 Å². The number of rotatable bonds is 7. The highest BCUT2D eigenvalue weighted by molar-refractivity contribution is 5.92. The lowest BCUT2D eigenvalue weighted by Gasteiger charge is -2.12. The third-order valence-electron chi connectivity index (χ3n) is 4.44. The van der Waals surface area contributed by atoms with Crippen LogP contribution >= 0.6 is 0 Å². The molecule has 0 unspecified atom stereocenters. The zero-order valence-electron chi connectivity index (χ0n) is 16.3. The molecule has 0 saturated heterocycles. The van der Waals surface area contributed by atoms with Gasteiger partial charge in [-0.1, -0.05) is 18.2 Å². The zero-order chi connectivity index (χ0) is 21.0. The minimum atomic E-state index is -3.00. The van der Waals surface area contributed by atoms with Crippen LogP contribution in [-0.4, -0.2) is 29.4 Å². The highest BCUT2D eigenvalue weighted by Crippen LogP contribution is 2.31. The highest BCUT2D eigenvalue weighted by Gasteiger charge is 2.17. The second kappa shape index (κ2) is 8.72. The van der Waals surface area contributed by atoms with Crippen molar-refractivity contribution in [3.63, 3.8) is 0 Å².